The van der Waals surface area contributed by atoms with Gasteiger partial charge in [-0.25, -0.2) is 0 Å². The van der Waals surface area contributed by atoms with Gasteiger partial charge in [0.2, 0.25) is 0 Å². The molecule has 0 aliphatic heterocycles. The molecule has 0 saturated heterocycles. The second kappa shape index (κ2) is 4.31. The zero-order valence-electron chi connectivity index (χ0n) is 6.47. The predicted octanol–water partition coefficient (Wildman–Crippen LogP) is 1.84. The van der Waals surface area contributed by atoms with Gasteiger partial charge in [0.25, 0.3) is 0 Å². The SMILES string of the molecule is CCNCc1ccncc1Cl. The van der Waals surface area contributed by atoms with E-state index >= 15 is 0 Å². The maximum absolute atomic E-state index is 5.86. The number of aromatic nitrogens is 1. The number of halogens is 1. The molecular weight excluding hydrogens is 160 g/mol. The molecule has 0 radical (unpaired) electrons. The first-order valence-corrected chi connectivity index (χ1v) is 4.01. The molecule has 0 atom stereocenters. The molecule has 0 aliphatic carbocycles. The van der Waals surface area contributed by atoms with Gasteiger partial charge in [0, 0.05) is 18.9 Å². The smallest absolute Gasteiger partial charge is 0.0634 e. The van der Waals surface area contributed by atoms with E-state index in [0.29, 0.717) is 0 Å². The average Bonchev–Trinajstić information content (AvgIpc) is 2.03. The molecule has 3 heteroatoms. The van der Waals surface area contributed by atoms with Crippen LogP contribution in [0.2, 0.25) is 5.02 Å². The molecule has 0 aromatic carbocycles. The van der Waals surface area contributed by atoms with Crippen molar-refractivity contribution >= 4 is 11.6 Å². The summed E-state index contributed by atoms with van der Waals surface area (Å²) in [4.78, 5) is 3.89. The van der Waals surface area contributed by atoms with Gasteiger partial charge in [0.05, 0.1) is 5.02 Å². The number of pyridine rings is 1. The Bertz CT molecular complexity index is 225. The maximum atomic E-state index is 5.86. The summed E-state index contributed by atoms with van der Waals surface area (Å²) in [6.45, 7) is 3.84. The Morgan fingerprint density at radius 2 is 2.45 bits per heavy atom. The van der Waals surface area contributed by atoms with Crippen LogP contribution in [0.25, 0.3) is 0 Å². The number of hydrogen-bond acceptors (Lipinski definition) is 2. The van der Waals surface area contributed by atoms with E-state index in [1.54, 1.807) is 12.4 Å². The molecule has 0 amide bonds. The van der Waals surface area contributed by atoms with E-state index in [4.69, 9.17) is 11.6 Å². The summed E-state index contributed by atoms with van der Waals surface area (Å²) < 4.78 is 0. The van der Waals surface area contributed by atoms with Crippen molar-refractivity contribution in [3.63, 3.8) is 0 Å². The zero-order valence-corrected chi connectivity index (χ0v) is 7.23. The summed E-state index contributed by atoms with van der Waals surface area (Å²) in [7, 11) is 0. The Morgan fingerprint density at radius 3 is 3.09 bits per heavy atom. The van der Waals surface area contributed by atoms with Crippen LogP contribution in [0.15, 0.2) is 18.5 Å². The van der Waals surface area contributed by atoms with Crippen molar-refractivity contribution < 1.29 is 0 Å². The van der Waals surface area contributed by atoms with Gasteiger partial charge in [0.1, 0.15) is 0 Å². The molecule has 0 fully saturated rings. The summed E-state index contributed by atoms with van der Waals surface area (Å²) in [6.07, 6.45) is 3.41. The van der Waals surface area contributed by atoms with Crippen LogP contribution >= 0.6 is 11.6 Å². The van der Waals surface area contributed by atoms with Crippen LogP contribution in [0.3, 0.4) is 0 Å². The molecule has 11 heavy (non-hydrogen) atoms. The molecule has 0 spiro atoms. The number of hydrogen-bond donors (Lipinski definition) is 1. The lowest BCUT2D eigenvalue weighted by atomic mass is 10.3. The summed E-state index contributed by atoms with van der Waals surface area (Å²) in [5, 5.41) is 3.92. The van der Waals surface area contributed by atoms with Gasteiger partial charge >= 0.3 is 0 Å². The Labute approximate surface area is 71.6 Å². The minimum absolute atomic E-state index is 0.730. The van der Waals surface area contributed by atoms with Gasteiger partial charge in [-0.05, 0) is 18.2 Å². The zero-order chi connectivity index (χ0) is 8.10. The Hall–Kier alpha value is -0.600. The van der Waals surface area contributed by atoms with Crippen molar-refractivity contribution in [2.24, 2.45) is 0 Å². The minimum Gasteiger partial charge on any atom is -0.313 e. The van der Waals surface area contributed by atoms with Crippen molar-refractivity contribution in [3.8, 4) is 0 Å². The molecule has 1 rings (SSSR count). The summed E-state index contributed by atoms with van der Waals surface area (Å²) in [6, 6.07) is 1.92. The fourth-order valence-electron chi connectivity index (χ4n) is 0.807. The normalized spacial score (nSPS) is 10.0. The van der Waals surface area contributed by atoms with Gasteiger partial charge in [-0.15, -0.1) is 0 Å². The van der Waals surface area contributed by atoms with E-state index in [1.807, 2.05) is 6.07 Å². The molecule has 1 N–H and O–H groups in total. The van der Waals surface area contributed by atoms with Crippen LogP contribution in [0, 0.1) is 0 Å². The highest BCUT2D eigenvalue weighted by Crippen LogP contribution is 2.12. The van der Waals surface area contributed by atoms with Crippen molar-refractivity contribution in [2.45, 2.75) is 13.5 Å². The lowest BCUT2D eigenvalue weighted by molar-refractivity contribution is 0.726. The van der Waals surface area contributed by atoms with Gasteiger partial charge in [-0.1, -0.05) is 18.5 Å². The van der Waals surface area contributed by atoms with Crippen LogP contribution in [-0.4, -0.2) is 11.5 Å². The average molecular weight is 171 g/mol. The molecular formula is C8H11ClN2. The van der Waals surface area contributed by atoms with Crippen molar-refractivity contribution in [2.75, 3.05) is 6.54 Å². The Morgan fingerprint density at radius 1 is 1.64 bits per heavy atom. The predicted molar refractivity (Wildman–Crippen MR) is 46.6 cm³/mol. The highest BCUT2D eigenvalue weighted by molar-refractivity contribution is 6.31. The van der Waals surface area contributed by atoms with Crippen LogP contribution in [0.1, 0.15) is 12.5 Å². The third kappa shape index (κ3) is 2.48. The van der Waals surface area contributed by atoms with Crippen LogP contribution in [0.5, 0.6) is 0 Å². The molecule has 1 aromatic rings. The Kier molecular flexibility index (Phi) is 3.33. The minimum atomic E-state index is 0.730. The van der Waals surface area contributed by atoms with Crippen LogP contribution in [0.4, 0.5) is 0 Å². The molecule has 2 nitrogen and oxygen atoms in total. The highest BCUT2D eigenvalue weighted by atomic mass is 35.5. The van der Waals surface area contributed by atoms with Crippen LogP contribution < -0.4 is 5.32 Å². The van der Waals surface area contributed by atoms with Gasteiger partial charge < -0.3 is 5.32 Å². The first kappa shape index (κ1) is 8.50. The fourth-order valence-corrected chi connectivity index (χ4v) is 0.993. The molecule has 1 aromatic heterocycles. The highest BCUT2D eigenvalue weighted by Gasteiger charge is 1.96. The molecule has 0 saturated carbocycles. The van der Waals surface area contributed by atoms with E-state index in [1.165, 1.54) is 0 Å². The van der Waals surface area contributed by atoms with E-state index in [2.05, 4.69) is 17.2 Å². The number of rotatable bonds is 3. The molecule has 0 bridgehead atoms. The van der Waals surface area contributed by atoms with Crippen molar-refractivity contribution in [1.29, 1.82) is 0 Å². The third-order valence-corrected chi connectivity index (χ3v) is 1.76. The quantitative estimate of drug-likeness (QED) is 0.749. The fraction of sp³-hybridized carbons (Fsp3) is 0.375. The van der Waals surface area contributed by atoms with E-state index < -0.39 is 0 Å². The monoisotopic (exact) mass is 170 g/mol. The second-order valence-electron chi connectivity index (χ2n) is 2.25. The summed E-state index contributed by atoms with van der Waals surface area (Å²) in [5.41, 5.74) is 1.10. The topological polar surface area (TPSA) is 24.9 Å². The standard InChI is InChI=1S/C8H11ClN2/c1-2-10-5-7-3-4-11-6-8(7)9/h3-4,6,10H,2,5H2,1H3. The number of nitrogens with zero attached hydrogens (tertiary/aromatic N) is 1. The summed E-state index contributed by atoms with van der Waals surface area (Å²) in [5.74, 6) is 0. The lowest BCUT2D eigenvalue weighted by Gasteiger charge is -2.02. The van der Waals surface area contributed by atoms with Crippen molar-refractivity contribution in [3.05, 3.63) is 29.0 Å². The van der Waals surface area contributed by atoms with E-state index in [-0.39, 0.29) is 0 Å². The van der Waals surface area contributed by atoms with Crippen LogP contribution in [-0.2, 0) is 6.54 Å². The third-order valence-electron chi connectivity index (χ3n) is 1.42. The molecule has 0 aliphatic rings. The van der Waals surface area contributed by atoms with E-state index in [0.717, 1.165) is 23.7 Å². The van der Waals surface area contributed by atoms with Gasteiger partial charge in [-0.3, -0.25) is 4.98 Å². The van der Waals surface area contributed by atoms with E-state index in [9.17, 15) is 0 Å². The molecule has 1 heterocycles. The molecule has 0 unspecified atom stereocenters. The maximum Gasteiger partial charge on any atom is 0.0634 e. The molecule has 60 valence electrons. The van der Waals surface area contributed by atoms with Gasteiger partial charge in [-0.2, -0.15) is 0 Å². The summed E-state index contributed by atoms with van der Waals surface area (Å²) >= 11 is 5.86. The lowest BCUT2D eigenvalue weighted by Crippen LogP contribution is -2.11. The first-order chi connectivity index (χ1) is 5.34. The largest absolute Gasteiger partial charge is 0.313 e. The number of nitrogens with one attached hydrogen (secondary N) is 1. The first-order valence-electron chi connectivity index (χ1n) is 3.63. The van der Waals surface area contributed by atoms with Gasteiger partial charge in [0.15, 0.2) is 0 Å². The van der Waals surface area contributed by atoms with Crippen molar-refractivity contribution in [1.82, 2.24) is 10.3 Å². The second-order valence-corrected chi connectivity index (χ2v) is 2.65. The Balaban J connectivity index is 2.62.